The van der Waals surface area contributed by atoms with Gasteiger partial charge in [0.15, 0.2) is 0 Å². The van der Waals surface area contributed by atoms with Gasteiger partial charge in [0, 0.05) is 32.2 Å². The summed E-state index contributed by atoms with van der Waals surface area (Å²) in [6.45, 7) is 9.53. The maximum absolute atomic E-state index is 12.0. The number of hydrogen-bond donors (Lipinski definition) is 2. The smallest absolute Gasteiger partial charge is 0.410 e. The molecule has 2 saturated heterocycles. The van der Waals surface area contributed by atoms with Crippen LogP contribution in [-0.2, 0) is 4.74 Å². The summed E-state index contributed by atoms with van der Waals surface area (Å²) in [6, 6.07) is 0.105. The zero-order chi connectivity index (χ0) is 17.0. The van der Waals surface area contributed by atoms with E-state index in [4.69, 9.17) is 10.5 Å². The minimum absolute atomic E-state index is 0.213. The van der Waals surface area contributed by atoms with Crippen molar-refractivity contribution < 1.29 is 14.3 Å². The predicted octanol–water partition coefficient (Wildman–Crippen LogP) is 1.38. The van der Waals surface area contributed by atoms with Crippen molar-refractivity contribution in [1.29, 1.82) is 0 Å². The normalized spacial score (nSPS) is 23.2. The maximum Gasteiger partial charge on any atom is 0.410 e. The van der Waals surface area contributed by atoms with Gasteiger partial charge >= 0.3 is 12.1 Å². The molecule has 0 radical (unpaired) electrons. The van der Waals surface area contributed by atoms with Gasteiger partial charge in [-0.25, -0.2) is 9.59 Å². The van der Waals surface area contributed by atoms with Crippen LogP contribution in [-0.4, -0.2) is 66.3 Å². The first-order valence-electron chi connectivity index (χ1n) is 8.50. The van der Waals surface area contributed by atoms with Gasteiger partial charge < -0.3 is 25.6 Å². The molecule has 1 unspecified atom stereocenters. The van der Waals surface area contributed by atoms with E-state index in [0.717, 1.165) is 52.0 Å². The van der Waals surface area contributed by atoms with Gasteiger partial charge in [-0.1, -0.05) is 0 Å². The van der Waals surface area contributed by atoms with Crippen molar-refractivity contribution in [3.05, 3.63) is 0 Å². The molecule has 2 aliphatic rings. The number of carbonyl (C=O) groups is 2. The molecule has 0 aliphatic carbocycles. The molecule has 1 atom stereocenters. The standard InChI is InChI=1S/C16H30N4O3/c1-16(2,3)23-15(22)20-7-4-12(11-20)10-18-13-5-8-19(9-6-13)14(17)21/h12-13,18H,4-11H2,1-3H3,(H2,17,21). The minimum Gasteiger partial charge on any atom is -0.444 e. The Morgan fingerprint density at radius 3 is 2.30 bits per heavy atom. The number of ether oxygens (including phenoxy) is 1. The van der Waals surface area contributed by atoms with Crippen LogP contribution in [0.2, 0.25) is 0 Å². The fraction of sp³-hybridized carbons (Fsp3) is 0.875. The van der Waals surface area contributed by atoms with Gasteiger partial charge in [0.05, 0.1) is 0 Å². The summed E-state index contributed by atoms with van der Waals surface area (Å²) in [5.41, 5.74) is 4.85. The van der Waals surface area contributed by atoms with E-state index >= 15 is 0 Å². The van der Waals surface area contributed by atoms with E-state index in [2.05, 4.69) is 5.32 Å². The number of urea groups is 1. The Hall–Kier alpha value is -1.50. The number of rotatable bonds is 3. The average Bonchev–Trinajstić information content (AvgIpc) is 2.93. The third kappa shape index (κ3) is 5.57. The molecule has 0 aromatic carbocycles. The molecule has 0 bridgehead atoms. The lowest BCUT2D eigenvalue weighted by atomic mass is 10.0. The van der Waals surface area contributed by atoms with E-state index in [9.17, 15) is 9.59 Å². The Bertz CT molecular complexity index is 428. The molecule has 2 aliphatic heterocycles. The minimum atomic E-state index is -0.443. The quantitative estimate of drug-likeness (QED) is 0.820. The van der Waals surface area contributed by atoms with Crippen LogP contribution in [0.25, 0.3) is 0 Å². The molecular weight excluding hydrogens is 296 g/mol. The van der Waals surface area contributed by atoms with Gasteiger partial charge in [0.25, 0.3) is 0 Å². The molecule has 0 aromatic heterocycles. The maximum atomic E-state index is 12.0. The van der Waals surface area contributed by atoms with Crippen molar-refractivity contribution >= 4 is 12.1 Å². The molecule has 132 valence electrons. The van der Waals surface area contributed by atoms with Crippen molar-refractivity contribution in [1.82, 2.24) is 15.1 Å². The second kappa shape index (κ2) is 7.38. The van der Waals surface area contributed by atoms with E-state index in [1.165, 1.54) is 0 Å². The van der Waals surface area contributed by atoms with Gasteiger partial charge in [-0.05, 0) is 52.5 Å². The number of nitrogens with zero attached hydrogens (tertiary/aromatic N) is 2. The number of piperidine rings is 1. The number of carbonyl (C=O) groups excluding carboxylic acids is 2. The molecule has 2 rings (SSSR count). The lowest BCUT2D eigenvalue weighted by Gasteiger charge is -2.32. The van der Waals surface area contributed by atoms with E-state index < -0.39 is 5.60 Å². The van der Waals surface area contributed by atoms with Gasteiger partial charge in [0.1, 0.15) is 5.60 Å². The van der Waals surface area contributed by atoms with Crippen LogP contribution in [0.15, 0.2) is 0 Å². The van der Waals surface area contributed by atoms with Crippen LogP contribution in [0.4, 0.5) is 9.59 Å². The van der Waals surface area contributed by atoms with Crippen molar-refractivity contribution in [3.8, 4) is 0 Å². The van der Waals surface area contributed by atoms with Crippen LogP contribution >= 0.6 is 0 Å². The van der Waals surface area contributed by atoms with Crippen LogP contribution < -0.4 is 11.1 Å². The Morgan fingerprint density at radius 2 is 1.74 bits per heavy atom. The van der Waals surface area contributed by atoms with Crippen LogP contribution in [0.1, 0.15) is 40.0 Å². The fourth-order valence-electron chi connectivity index (χ4n) is 3.13. The number of likely N-dealkylation sites (tertiary alicyclic amines) is 2. The first kappa shape index (κ1) is 17.8. The fourth-order valence-corrected chi connectivity index (χ4v) is 3.13. The molecule has 0 aromatic rings. The second-order valence-corrected chi connectivity index (χ2v) is 7.59. The van der Waals surface area contributed by atoms with Gasteiger partial charge in [-0.2, -0.15) is 0 Å². The van der Waals surface area contributed by atoms with Crippen molar-refractivity contribution in [3.63, 3.8) is 0 Å². The third-order valence-corrected chi connectivity index (χ3v) is 4.44. The number of nitrogens with two attached hydrogens (primary N) is 1. The Balaban J connectivity index is 1.66. The van der Waals surface area contributed by atoms with Crippen molar-refractivity contribution in [2.45, 2.75) is 51.7 Å². The SMILES string of the molecule is CC(C)(C)OC(=O)N1CCC(CNC2CCN(C(N)=O)CC2)C1. The summed E-state index contributed by atoms with van der Waals surface area (Å²) in [6.07, 6.45) is 2.67. The molecule has 7 nitrogen and oxygen atoms in total. The largest absolute Gasteiger partial charge is 0.444 e. The summed E-state index contributed by atoms with van der Waals surface area (Å²) in [5, 5.41) is 3.57. The van der Waals surface area contributed by atoms with E-state index in [0.29, 0.717) is 12.0 Å². The molecule has 0 spiro atoms. The Labute approximate surface area is 138 Å². The zero-order valence-corrected chi connectivity index (χ0v) is 14.5. The lowest BCUT2D eigenvalue weighted by molar-refractivity contribution is 0.0288. The molecule has 7 heteroatoms. The highest BCUT2D eigenvalue weighted by Crippen LogP contribution is 2.19. The molecule has 3 N–H and O–H groups in total. The number of hydrogen-bond acceptors (Lipinski definition) is 4. The number of primary amides is 1. The highest BCUT2D eigenvalue weighted by atomic mass is 16.6. The summed E-state index contributed by atoms with van der Waals surface area (Å²) >= 11 is 0. The first-order valence-corrected chi connectivity index (χ1v) is 8.50. The van der Waals surface area contributed by atoms with Crippen molar-refractivity contribution in [2.75, 3.05) is 32.7 Å². The monoisotopic (exact) mass is 326 g/mol. The van der Waals surface area contributed by atoms with Crippen LogP contribution in [0.3, 0.4) is 0 Å². The molecule has 3 amide bonds. The predicted molar refractivity (Wildman–Crippen MR) is 88.1 cm³/mol. The van der Waals surface area contributed by atoms with Crippen LogP contribution in [0.5, 0.6) is 0 Å². The van der Waals surface area contributed by atoms with Crippen molar-refractivity contribution in [2.24, 2.45) is 11.7 Å². The van der Waals surface area contributed by atoms with E-state index in [-0.39, 0.29) is 12.1 Å². The van der Waals surface area contributed by atoms with E-state index in [1.807, 2.05) is 20.8 Å². The number of nitrogens with one attached hydrogen (secondary N) is 1. The molecule has 0 saturated carbocycles. The van der Waals surface area contributed by atoms with Gasteiger partial charge in [-0.3, -0.25) is 0 Å². The first-order chi connectivity index (χ1) is 10.7. The molecule has 2 fully saturated rings. The molecule has 2 heterocycles. The highest BCUT2D eigenvalue weighted by Gasteiger charge is 2.30. The highest BCUT2D eigenvalue weighted by molar-refractivity contribution is 5.72. The van der Waals surface area contributed by atoms with Crippen LogP contribution in [0, 0.1) is 5.92 Å². The lowest BCUT2D eigenvalue weighted by Crippen LogP contribution is -2.47. The Kier molecular flexibility index (Phi) is 5.73. The van der Waals surface area contributed by atoms with Gasteiger partial charge in [0.2, 0.25) is 0 Å². The summed E-state index contributed by atoms with van der Waals surface area (Å²) in [7, 11) is 0. The average molecular weight is 326 g/mol. The summed E-state index contributed by atoms with van der Waals surface area (Å²) in [4.78, 5) is 26.6. The topological polar surface area (TPSA) is 87.9 Å². The Morgan fingerprint density at radius 1 is 1.13 bits per heavy atom. The number of amides is 3. The second-order valence-electron chi connectivity index (χ2n) is 7.59. The summed E-state index contributed by atoms with van der Waals surface area (Å²) in [5.74, 6) is 0.469. The zero-order valence-electron chi connectivity index (χ0n) is 14.5. The summed E-state index contributed by atoms with van der Waals surface area (Å²) < 4.78 is 5.42. The van der Waals surface area contributed by atoms with Gasteiger partial charge in [-0.15, -0.1) is 0 Å². The molecule has 23 heavy (non-hydrogen) atoms. The third-order valence-electron chi connectivity index (χ3n) is 4.44. The molecular formula is C16H30N4O3. The van der Waals surface area contributed by atoms with E-state index in [1.54, 1.807) is 9.80 Å².